The van der Waals surface area contributed by atoms with Crippen molar-refractivity contribution in [2.24, 2.45) is 5.41 Å². The standard InChI is InChI=1S/C14H18F2N2O/c1-14(2)5-3-4-12(14)18-13(19)8-6-9(15)10(16)7-11(8)17/h6-7,12H,3-5,17H2,1-2H3,(H,18,19). The van der Waals surface area contributed by atoms with Crippen LogP contribution in [0.1, 0.15) is 43.5 Å². The van der Waals surface area contributed by atoms with Crippen molar-refractivity contribution in [1.29, 1.82) is 0 Å². The molecule has 1 aliphatic rings. The van der Waals surface area contributed by atoms with Crippen molar-refractivity contribution >= 4 is 11.6 Å². The van der Waals surface area contributed by atoms with Crippen molar-refractivity contribution in [3.8, 4) is 0 Å². The second-order valence-electron chi connectivity index (χ2n) is 5.76. The van der Waals surface area contributed by atoms with Crippen molar-refractivity contribution < 1.29 is 13.6 Å². The number of carbonyl (C=O) groups excluding carboxylic acids is 1. The Morgan fingerprint density at radius 1 is 1.37 bits per heavy atom. The zero-order chi connectivity index (χ0) is 14.2. The Balaban J connectivity index is 2.19. The number of nitrogen functional groups attached to an aromatic ring is 1. The van der Waals surface area contributed by atoms with E-state index >= 15 is 0 Å². The fraction of sp³-hybridized carbons (Fsp3) is 0.500. The molecule has 1 amide bonds. The maximum Gasteiger partial charge on any atom is 0.253 e. The minimum Gasteiger partial charge on any atom is -0.398 e. The Morgan fingerprint density at radius 3 is 2.58 bits per heavy atom. The number of anilines is 1. The molecule has 1 aromatic rings. The Morgan fingerprint density at radius 2 is 2.00 bits per heavy atom. The predicted octanol–water partition coefficient (Wildman–Crippen LogP) is 2.86. The van der Waals surface area contributed by atoms with E-state index in [-0.39, 0.29) is 22.7 Å². The van der Waals surface area contributed by atoms with Crippen LogP contribution in [0.2, 0.25) is 0 Å². The van der Waals surface area contributed by atoms with E-state index in [9.17, 15) is 13.6 Å². The average molecular weight is 268 g/mol. The molecular formula is C14H18F2N2O. The van der Waals surface area contributed by atoms with Crippen LogP contribution in [-0.4, -0.2) is 11.9 Å². The van der Waals surface area contributed by atoms with Gasteiger partial charge in [0, 0.05) is 17.8 Å². The van der Waals surface area contributed by atoms with E-state index < -0.39 is 17.5 Å². The molecule has 1 atom stereocenters. The third-order valence-electron chi connectivity index (χ3n) is 3.90. The fourth-order valence-corrected chi connectivity index (χ4v) is 2.59. The second-order valence-corrected chi connectivity index (χ2v) is 5.76. The van der Waals surface area contributed by atoms with E-state index in [1.807, 2.05) is 0 Å². The highest BCUT2D eigenvalue weighted by Crippen LogP contribution is 2.37. The van der Waals surface area contributed by atoms with Crippen LogP contribution in [0.15, 0.2) is 12.1 Å². The molecular weight excluding hydrogens is 250 g/mol. The van der Waals surface area contributed by atoms with Crippen LogP contribution in [0.4, 0.5) is 14.5 Å². The Bertz CT molecular complexity index is 514. The molecule has 0 heterocycles. The van der Waals surface area contributed by atoms with Gasteiger partial charge in [0.05, 0.1) is 5.56 Å². The predicted molar refractivity (Wildman–Crippen MR) is 69.7 cm³/mol. The van der Waals surface area contributed by atoms with Crippen LogP contribution in [0, 0.1) is 17.0 Å². The first-order valence-corrected chi connectivity index (χ1v) is 6.36. The molecule has 3 N–H and O–H groups in total. The van der Waals surface area contributed by atoms with E-state index in [1.165, 1.54) is 0 Å². The van der Waals surface area contributed by atoms with E-state index in [0.717, 1.165) is 31.4 Å². The minimum absolute atomic E-state index is 0.0124. The molecule has 1 aliphatic carbocycles. The summed E-state index contributed by atoms with van der Waals surface area (Å²) in [6, 6.07) is 1.72. The molecule has 3 nitrogen and oxygen atoms in total. The van der Waals surface area contributed by atoms with Crippen LogP contribution in [-0.2, 0) is 0 Å². The van der Waals surface area contributed by atoms with E-state index in [4.69, 9.17) is 5.73 Å². The molecule has 1 aromatic carbocycles. The average Bonchev–Trinajstić information content (AvgIpc) is 2.63. The monoisotopic (exact) mass is 268 g/mol. The fourth-order valence-electron chi connectivity index (χ4n) is 2.59. The molecule has 0 radical (unpaired) electrons. The van der Waals surface area contributed by atoms with Crippen LogP contribution >= 0.6 is 0 Å². The van der Waals surface area contributed by atoms with Crippen molar-refractivity contribution in [2.75, 3.05) is 5.73 Å². The maximum absolute atomic E-state index is 13.2. The number of hydrogen-bond acceptors (Lipinski definition) is 2. The van der Waals surface area contributed by atoms with E-state index in [2.05, 4.69) is 19.2 Å². The zero-order valence-corrected chi connectivity index (χ0v) is 11.1. The van der Waals surface area contributed by atoms with Crippen LogP contribution in [0.5, 0.6) is 0 Å². The first-order valence-electron chi connectivity index (χ1n) is 6.36. The largest absolute Gasteiger partial charge is 0.398 e. The Kier molecular flexibility index (Phi) is 3.47. The molecule has 0 aliphatic heterocycles. The maximum atomic E-state index is 13.2. The van der Waals surface area contributed by atoms with Crippen molar-refractivity contribution in [3.05, 3.63) is 29.3 Å². The lowest BCUT2D eigenvalue weighted by atomic mass is 9.87. The summed E-state index contributed by atoms with van der Waals surface area (Å²) in [5.41, 5.74) is 5.52. The molecule has 1 unspecified atom stereocenters. The smallest absolute Gasteiger partial charge is 0.253 e. The number of carbonyl (C=O) groups is 1. The van der Waals surface area contributed by atoms with Gasteiger partial charge < -0.3 is 11.1 Å². The summed E-state index contributed by atoms with van der Waals surface area (Å²) in [6.07, 6.45) is 2.97. The Labute approximate surface area is 111 Å². The van der Waals surface area contributed by atoms with Crippen molar-refractivity contribution in [2.45, 2.75) is 39.2 Å². The molecule has 19 heavy (non-hydrogen) atoms. The first-order chi connectivity index (χ1) is 8.81. The summed E-state index contributed by atoms with van der Waals surface area (Å²) < 4.78 is 26.1. The van der Waals surface area contributed by atoms with Crippen molar-refractivity contribution in [1.82, 2.24) is 5.32 Å². The molecule has 0 spiro atoms. The summed E-state index contributed by atoms with van der Waals surface area (Å²) >= 11 is 0. The molecule has 1 saturated carbocycles. The van der Waals surface area contributed by atoms with Crippen LogP contribution in [0.25, 0.3) is 0 Å². The minimum atomic E-state index is -1.06. The molecule has 0 aromatic heterocycles. The SMILES string of the molecule is CC1(C)CCCC1NC(=O)c1cc(F)c(F)cc1N. The summed E-state index contributed by atoms with van der Waals surface area (Å²) in [4.78, 5) is 12.1. The number of amides is 1. The lowest BCUT2D eigenvalue weighted by Gasteiger charge is -2.28. The zero-order valence-electron chi connectivity index (χ0n) is 11.1. The molecule has 2 rings (SSSR count). The van der Waals surface area contributed by atoms with Gasteiger partial charge in [-0.15, -0.1) is 0 Å². The quantitative estimate of drug-likeness (QED) is 0.810. The molecule has 0 bridgehead atoms. The van der Waals surface area contributed by atoms with Gasteiger partial charge in [0.2, 0.25) is 0 Å². The van der Waals surface area contributed by atoms with Crippen molar-refractivity contribution in [3.63, 3.8) is 0 Å². The third-order valence-corrected chi connectivity index (χ3v) is 3.90. The number of rotatable bonds is 2. The van der Waals surface area contributed by atoms with Gasteiger partial charge in [0.25, 0.3) is 5.91 Å². The normalized spacial score (nSPS) is 21.4. The van der Waals surface area contributed by atoms with Crippen LogP contribution < -0.4 is 11.1 Å². The topological polar surface area (TPSA) is 55.1 Å². The van der Waals surface area contributed by atoms with Gasteiger partial charge in [0.15, 0.2) is 11.6 Å². The molecule has 104 valence electrons. The van der Waals surface area contributed by atoms with Gasteiger partial charge in [-0.2, -0.15) is 0 Å². The van der Waals surface area contributed by atoms with Gasteiger partial charge in [-0.05, 0) is 24.3 Å². The number of nitrogens with two attached hydrogens (primary N) is 1. The first kappa shape index (κ1) is 13.8. The van der Waals surface area contributed by atoms with Crippen LogP contribution in [0.3, 0.4) is 0 Å². The highest BCUT2D eigenvalue weighted by atomic mass is 19.2. The third kappa shape index (κ3) is 2.69. The lowest BCUT2D eigenvalue weighted by molar-refractivity contribution is 0.0910. The summed E-state index contributed by atoms with van der Waals surface area (Å²) in [6.45, 7) is 4.17. The van der Waals surface area contributed by atoms with Gasteiger partial charge in [-0.3, -0.25) is 4.79 Å². The summed E-state index contributed by atoms with van der Waals surface area (Å²) in [5, 5.41) is 2.86. The summed E-state index contributed by atoms with van der Waals surface area (Å²) in [7, 11) is 0. The number of hydrogen-bond donors (Lipinski definition) is 2. The lowest BCUT2D eigenvalue weighted by Crippen LogP contribution is -2.41. The van der Waals surface area contributed by atoms with Gasteiger partial charge in [-0.1, -0.05) is 20.3 Å². The van der Waals surface area contributed by atoms with E-state index in [1.54, 1.807) is 0 Å². The molecule has 5 heteroatoms. The van der Waals surface area contributed by atoms with Gasteiger partial charge >= 0.3 is 0 Å². The number of benzene rings is 1. The number of nitrogens with one attached hydrogen (secondary N) is 1. The highest BCUT2D eigenvalue weighted by molar-refractivity contribution is 5.99. The Hall–Kier alpha value is -1.65. The number of halogens is 2. The molecule has 1 fully saturated rings. The highest BCUT2D eigenvalue weighted by Gasteiger charge is 2.35. The van der Waals surface area contributed by atoms with Gasteiger partial charge in [0.1, 0.15) is 0 Å². The second kappa shape index (κ2) is 4.79. The molecule has 0 saturated heterocycles. The van der Waals surface area contributed by atoms with Gasteiger partial charge in [-0.25, -0.2) is 8.78 Å². The summed E-state index contributed by atoms with van der Waals surface area (Å²) in [5.74, 6) is -2.56. The van der Waals surface area contributed by atoms with E-state index in [0.29, 0.717) is 0 Å².